The fraction of sp³-hybridized carbons (Fsp3) is 0.235. The summed E-state index contributed by atoms with van der Waals surface area (Å²) in [6, 6.07) is 7.93. The number of fused-ring (bicyclic) bond motifs is 1. The molecular formula is C17H16BClN2. The molecule has 0 bridgehead atoms. The van der Waals surface area contributed by atoms with Gasteiger partial charge in [0.1, 0.15) is 5.65 Å². The fourth-order valence-corrected chi connectivity index (χ4v) is 2.93. The molecular weight excluding hydrogens is 278 g/mol. The van der Waals surface area contributed by atoms with Gasteiger partial charge in [-0.05, 0) is 62.1 Å². The van der Waals surface area contributed by atoms with E-state index < -0.39 is 0 Å². The Morgan fingerprint density at radius 1 is 1.00 bits per heavy atom. The lowest BCUT2D eigenvalue weighted by Gasteiger charge is -2.12. The molecule has 0 atom stereocenters. The molecule has 2 radical (unpaired) electrons. The van der Waals surface area contributed by atoms with Gasteiger partial charge in [-0.15, -0.1) is 0 Å². The summed E-state index contributed by atoms with van der Waals surface area (Å²) in [5.74, 6) is 0. The van der Waals surface area contributed by atoms with Gasteiger partial charge in [0.05, 0.1) is 0 Å². The van der Waals surface area contributed by atoms with E-state index >= 15 is 0 Å². The van der Waals surface area contributed by atoms with Gasteiger partial charge < -0.3 is 4.48 Å². The molecule has 3 aromatic rings. The number of aryl methyl sites for hydroxylation is 2. The molecule has 0 aliphatic heterocycles. The van der Waals surface area contributed by atoms with Crippen molar-refractivity contribution in [1.29, 1.82) is 0 Å². The van der Waals surface area contributed by atoms with Gasteiger partial charge in [0.15, 0.2) is 0 Å². The van der Waals surface area contributed by atoms with Crippen LogP contribution in [0.4, 0.5) is 0 Å². The Bertz CT molecular complexity index is 848. The molecule has 2 aromatic heterocycles. The molecule has 0 spiro atoms. The maximum Gasteiger partial charge on any atom is 0.236 e. The molecule has 0 fully saturated rings. The van der Waals surface area contributed by atoms with E-state index in [1.165, 1.54) is 16.7 Å². The number of aromatic nitrogens is 2. The van der Waals surface area contributed by atoms with Crippen LogP contribution >= 0.6 is 11.6 Å². The number of halogens is 1. The number of hydrogen-bond donors (Lipinski definition) is 0. The number of nitrogens with zero attached hydrogens (tertiary/aromatic N) is 2. The lowest BCUT2D eigenvalue weighted by Crippen LogP contribution is -1.99. The summed E-state index contributed by atoms with van der Waals surface area (Å²) in [7, 11) is 6.16. The minimum Gasteiger partial charge on any atom is -0.386 e. The predicted octanol–water partition coefficient (Wildman–Crippen LogP) is 4.52. The van der Waals surface area contributed by atoms with Crippen molar-refractivity contribution in [3.63, 3.8) is 0 Å². The Kier molecular flexibility index (Phi) is 3.33. The topological polar surface area (TPSA) is 17.8 Å². The van der Waals surface area contributed by atoms with E-state index in [-0.39, 0.29) is 0 Å². The van der Waals surface area contributed by atoms with Gasteiger partial charge in [-0.25, -0.2) is 4.98 Å². The highest BCUT2D eigenvalue weighted by molar-refractivity contribution is 6.30. The summed E-state index contributed by atoms with van der Waals surface area (Å²) in [5.41, 5.74) is 7.55. The molecule has 21 heavy (non-hydrogen) atoms. The molecule has 0 amide bonds. The molecule has 0 unspecified atom stereocenters. The molecule has 0 saturated carbocycles. The normalized spacial score (nSPS) is 11.3. The van der Waals surface area contributed by atoms with Crippen molar-refractivity contribution in [2.45, 2.75) is 27.7 Å². The van der Waals surface area contributed by atoms with Crippen LogP contribution in [0.5, 0.6) is 0 Å². The zero-order valence-corrected chi connectivity index (χ0v) is 13.4. The minimum absolute atomic E-state index is 0.739. The van der Waals surface area contributed by atoms with Crippen LogP contribution in [0.3, 0.4) is 0 Å². The second-order valence-corrected chi connectivity index (χ2v) is 5.92. The van der Waals surface area contributed by atoms with Crippen LogP contribution in [0, 0.1) is 27.7 Å². The van der Waals surface area contributed by atoms with E-state index in [0.717, 1.165) is 33.0 Å². The van der Waals surface area contributed by atoms with Crippen molar-refractivity contribution in [3.05, 3.63) is 51.8 Å². The number of hydrogen-bond acceptors (Lipinski definition) is 1. The lowest BCUT2D eigenvalue weighted by atomic mass is 9.95. The van der Waals surface area contributed by atoms with E-state index in [2.05, 4.69) is 18.8 Å². The number of pyridine rings is 1. The first-order valence-corrected chi connectivity index (χ1v) is 7.29. The van der Waals surface area contributed by atoms with Crippen LogP contribution in [0.2, 0.25) is 5.02 Å². The van der Waals surface area contributed by atoms with E-state index in [9.17, 15) is 0 Å². The number of rotatable bonds is 1. The smallest absolute Gasteiger partial charge is 0.236 e. The molecule has 0 aliphatic rings. The Hall–Kier alpha value is -1.74. The summed E-state index contributed by atoms with van der Waals surface area (Å²) >= 11 is 6.01. The zero-order valence-electron chi connectivity index (χ0n) is 12.7. The average Bonchev–Trinajstić information content (AvgIpc) is 2.67. The van der Waals surface area contributed by atoms with Crippen LogP contribution in [0.1, 0.15) is 22.5 Å². The van der Waals surface area contributed by atoms with Crippen LogP contribution < -0.4 is 0 Å². The largest absolute Gasteiger partial charge is 0.386 e. The monoisotopic (exact) mass is 294 g/mol. The van der Waals surface area contributed by atoms with E-state index in [1.807, 2.05) is 38.1 Å². The molecule has 3 rings (SSSR count). The third-order valence-corrected chi connectivity index (χ3v) is 4.56. The van der Waals surface area contributed by atoms with Crippen molar-refractivity contribution in [2.24, 2.45) is 0 Å². The van der Waals surface area contributed by atoms with E-state index in [0.29, 0.717) is 0 Å². The quantitative estimate of drug-likeness (QED) is 0.603. The first kappa shape index (κ1) is 14.2. The molecule has 1 aromatic carbocycles. The SMILES string of the molecule is [B]n1c(C)c(C)c2c(-c3ccc(Cl)cc3)c(C)c(C)nc21. The molecule has 0 N–H and O–H groups in total. The Labute approximate surface area is 131 Å². The van der Waals surface area contributed by atoms with Gasteiger partial charge >= 0.3 is 0 Å². The van der Waals surface area contributed by atoms with Gasteiger partial charge in [0, 0.05) is 21.8 Å². The maximum absolute atomic E-state index is 6.16. The third kappa shape index (κ3) is 2.07. The Morgan fingerprint density at radius 3 is 2.24 bits per heavy atom. The van der Waals surface area contributed by atoms with Crippen LogP contribution in [-0.4, -0.2) is 17.4 Å². The highest BCUT2D eigenvalue weighted by Crippen LogP contribution is 2.36. The summed E-state index contributed by atoms with van der Waals surface area (Å²) in [5, 5.41) is 1.86. The summed E-state index contributed by atoms with van der Waals surface area (Å²) in [6.45, 7) is 8.24. The molecule has 2 heterocycles. The second kappa shape index (κ2) is 4.92. The predicted molar refractivity (Wildman–Crippen MR) is 90.3 cm³/mol. The van der Waals surface area contributed by atoms with Crippen LogP contribution in [0.25, 0.3) is 22.2 Å². The first-order chi connectivity index (χ1) is 9.91. The molecule has 0 aliphatic carbocycles. The van der Waals surface area contributed by atoms with Crippen LogP contribution in [0.15, 0.2) is 24.3 Å². The van der Waals surface area contributed by atoms with Crippen molar-refractivity contribution in [3.8, 4) is 11.1 Å². The van der Waals surface area contributed by atoms with Gasteiger partial charge in [0.2, 0.25) is 7.98 Å². The first-order valence-electron chi connectivity index (χ1n) is 6.91. The summed E-state index contributed by atoms with van der Waals surface area (Å²) in [4.78, 5) is 4.67. The van der Waals surface area contributed by atoms with E-state index in [4.69, 9.17) is 19.6 Å². The lowest BCUT2D eigenvalue weighted by molar-refractivity contribution is 1.11. The summed E-state index contributed by atoms with van der Waals surface area (Å²) < 4.78 is 1.68. The minimum atomic E-state index is 0.739. The van der Waals surface area contributed by atoms with Gasteiger partial charge in [-0.2, -0.15) is 0 Å². The fourth-order valence-electron chi connectivity index (χ4n) is 2.81. The summed E-state index contributed by atoms with van der Waals surface area (Å²) in [6.07, 6.45) is 0. The highest BCUT2D eigenvalue weighted by Gasteiger charge is 2.18. The number of benzene rings is 1. The van der Waals surface area contributed by atoms with Gasteiger partial charge in [-0.1, -0.05) is 23.7 Å². The molecule has 104 valence electrons. The van der Waals surface area contributed by atoms with Crippen molar-refractivity contribution >= 4 is 30.6 Å². The maximum atomic E-state index is 6.16. The average molecular weight is 295 g/mol. The Morgan fingerprint density at radius 2 is 1.62 bits per heavy atom. The molecule has 2 nitrogen and oxygen atoms in total. The standard InChI is InChI=1S/C17H16BClN2/c1-9-11(3)20-17-16(10(2)12(4)21(17)18)15(9)13-5-7-14(19)8-6-13/h5-8H,1-4H3. The highest BCUT2D eigenvalue weighted by atomic mass is 35.5. The molecule has 4 heteroatoms. The third-order valence-electron chi connectivity index (χ3n) is 4.31. The van der Waals surface area contributed by atoms with Crippen molar-refractivity contribution in [1.82, 2.24) is 9.46 Å². The van der Waals surface area contributed by atoms with E-state index in [1.54, 1.807) is 4.48 Å². The Balaban J connectivity index is 2.48. The molecule has 0 saturated heterocycles. The van der Waals surface area contributed by atoms with Crippen molar-refractivity contribution < 1.29 is 0 Å². The van der Waals surface area contributed by atoms with Crippen molar-refractivity contribution in [2.75, 3.05) is 0 Å². The van der Waals surface area contributed by atoms with Crippen LogP contribution in [-0.2, 0) is 0 Å². The van der Waals surface area contributed by atoms with Gasteiger partial charge in [0.25, 0.3) is 0 Å². The zero-order chi connectivity index (χ0) is 15.3. The second-order valence-electron chi connectivity index (χ2n) is 5.48. The van der Waals surface area contributed by atoms with Gasteiger partial charge in [-0.3, -0.25) is 0 Å².